The summed E-state index contributed by atoms with van der Waals surface area (Å²) in [5.74, 6) is 0.604. The first-order valence-corrected chi connectivity index (χ1v) is 10.8. The molecular formula is C21H30N2O5S. The minimum absolute atomic E-state index is 0.137. The zero-order valence-corrected chi connectivity index (χ0v) is 18.7. The first-order valence-electron chi connectivity index (χ1n) is 9.87. The summed E-state index contributed by atoms with van der Waals surface area (Å²) in [4.78, 5) is 28.1. The van der Waals surface area contributed by atoms with E-state index in [1.807, 2.05) is 39.8 Å². The second kappa shape index (κ2) is 8.44. The fourth-order valence-electron chi connectivity index (χ4n) is 3.96. The van der Waals surface area contributed by atoms with Crippen molar-refractivity contribution in [2.75, 3.05) is 27.4 Å². The third-order valence-corrected chi connectivity index (χ3v) is 6.75. The number of nitrogens with zero attached hydrogens (tertiary/aromatic N) is 1. The Hall–Kier alpha value is -1.93. The molecule has 2 aliphatic rings. The van der Waals surface area contributed by atoms with Crippen molar-refractivity contribution in [2.45, 2.75) is 56.4 Å². The molecule has 2 unspecified atom stereocenters. The van der Waals surface area contributed by atoms with Gasteiger partial charge in [-0.05, 0) is 40.2 Å². The minimum Gasteiger partial charge on any atom is -0.493 e. The summed E-state index contributed by atoms with van der Waals surface area (Å²) in [6, 6.07) is 3.13. The maximum absolute atomic E-state index is 13.4. The van der Waals surface area contributed by atoms with Gasteiger partial charge in [-0.15, -0.1) is 11.8 Å². The van der Waals surface area contributed by atoms with Crippen molar-refractivity contribution in [3.05, 3.63) is 23.3 Å². The molecule has 0 radical (unpaired) electrons. The number of ether oxygens (including phenoxy) is 3. The van der Waals surface area contributed by atoms with Crippen molar-refractivity contribution in [1.29, 1.82) is 0 Å². The Morgan fingerprint density at radius 2 is 2.00 bits per heavy atom. The maximum Gasteiger partial charge on any atom is 0.260 e. The number of benzene rings is 1. The van der Waals surface area contributed by atoms with E-state index in [4.69, 9.17) is 14.2 Å². The van der Waals surface area contributed by atoms with Gasteiger partial charge in [-0.1, -0.05) is 6.07 Å². The van der Waals surface area contributed by atoms with E-state index in [2.05, 4.69) is 5.32 Å². The van der Waals surface area contributed by atoms with Crippen LogP contribution in [0, 0.1) is 0 Å². The zero-order valence-electron chi connectivity index (χ0n) is 17.9. The van der Waals surface area contributed by atoms with Gasteiger partial charge in [-0.3, -0.25) is 9.59 Å². The van der Waals surface area contributed by atoms with E-state index in [1.54, 1.807) is 23.8 Å². The molecule has 2 heterocycles. The number of rotatable bonds is 8. The van der Waals surface area contributed by atoms with E-state index in [1.165, 1.54) is 7.11 Å². The van der Waals surface area contributed by atoms with E-state index in [9.17, 15) is 9.59 Å². The fourth-order valence-corrected chi connectivity index (χ4v) is 5.53. The summed E-state index contributed by atoms with van der Waals surface area (Å²) in [5, 5.41) is 2.77. The number of amides is 2. The third kappa shape index (κ3) is 3.92. The van der Waals surface area contributed by atoms with E-state index in [0.29, 0.717) is 30.2 Å². The molecule has 1 fully saturated rings. The van der Waals surface area contributed by atoms with E-state index in [-0.39, 0.29) is 23.3 Å². The molecule has 160 valence electrons. The van der Waals surface area contributed by atoms with Gasteiger partial charge in [0.05, 0.1) is 25.9 Å². The molecule has 8 heteroatoms. The summed E-state index contributed by atoms with van der Waals surface area (Å²) >= 11 is 1.62. The molecule has 1 N–H and O–H groups in total. The highest BCUT2D eigenvalue weighted by Crippen LogP contribution is 2.58. The molecule has 0 spiro atoms. The summed E-state index contributed by atoms with van der Waals surface area (Å²) in [5.41, 5.74) is 1.36. The predicted octanol–water partition coefficient (Wildman–Crippen LogP) is 2.98. The van der Waals surface area contributed by atoms with Crippen LogP contribution in [0.15, 0.2) is 12.1 Å². The van der Waals surface area contributed by atoms with Crippen molar-refractivity contribution in [3.63, 3.8) is 0 Å². The van der Waals surface area contributed by atoms with Crippen molar-refractivity contribution in [2.24, 2.45) is 0 Å². The Labute approximate surface area is 176 Å². The lowest BCUT2D eigenvalue weighted by molar-refractivity contribution is -0.126. The highest BCUT2D eigenvalue weighted by atomic mass is 32.2. The Balaban J connectivity index is 1.81. The van der Waals surface area contributed by atoms with Crippen LogP contribution in [-0.2, 0) is 9.53 Å². The van der Waals surface area contributed by atoms with Gasteiger partial charge in [0.2, 0.25) is 5.91 Å². The third-order valence-electron chi connectivity index (χ3n) is 5.22. The smallest absolute Gasteiger partial charge is 0.260 e. The van der Waals surface area contributed by atoms with Gasteiger partial charge in [0.25, 0.3) is 5.91 Å². The monoisotopic (exact) mass is 422 g/mol. The molecule has 0 aromatic heterocycles. The summed E-state index contributed by atoms with van der Waals surface area (Å²) in [6.07, 6.45) is 0.900. The number of carbonyl (C=O) groups is 2. The van der Waals surface area contributed by atoms with E-state index >= 15 is 0 Å². The Bertz CT molecular complexity index is 796. The summed E-state index contributed by atoms with van der Waals surface area (Å²) in [6.45, 7) is 9.09. The lowest BCUT2D eigenvalue weighted by Crippen LogP contribution is -2.52. The molecule has 3 rings (SSSR count). The molecule has 0 saturated carbocycles. The van der Waals surface area contributed by atoms with Crippen LogP contribution in [0.5, 0.6) is 11.5 Å². The van der Waals surface area contributed by atoms with Crippen LogP contribution in [0.1, 0.15) is 55.4 Å². The van der Waals surface area contributed by atoms with Gasteiger partial charge in [0.1, 0.15) is 11.4 Å². The molecule has 7 nitrogen and oxygen atoms in total. The molecule has 1 saturated heterocycles. The van der Waals surface area contributed by atoms with Gasteiger partial charge in [-0.2, -0.15) is 0 Å². The lowest BCUT2D eigenvalue weighted by atomic mass is 10.0. The molecule has 29 heavy (non-hydrogen) atoms. The quantitative estimate of drug-likeness (QED) is 0.649. The Morgan fingerprint density at radius 1 is 1.28 bits per heavy atom. The molecule has 2 aliphatic heterocycles. The van der Waals surface area contributed by atoms with Crippen LogP contribution < -0.4 is 14.8 Å². The number of hydrogen-bond acceptors (Lipinski definition) is 6. The Kier molecular flexibility index (Phi) is 6.33. The first kappa shape index (κ1) is 21.8. The second-order valence-electron chi connectivity index (χ2n) is 8.02. The average Bonchev–Trinajstić information content (AvgIpc) is 3.09. The average molecular weight is 423 g/mol. The van der Waals surface area contributed by atoms with E-state index in [0.717, 1.165) is 12.0 Å². The largest absolute Gasteiger partial charge is 0.493 e. The minimum atomic E-state index is -0.570. The van der Waals surface area contributed by atoms with Crippen molar-refractivity contribution < 1.29 is 23.8 Å². The fraction of sp³-hybridized carbons (Fsp3) is 0.619. The van der Waals surface area contributed by atoms with Crippen molar-refractivity contribution >= 4 is 23.6 Å². The van der Waals surface area contributed by atoms with Crippen LogP contribution in [0.2, 0.25) is 0 Å². The number of fused-ring (bicyclic) bond motifs is 3. The van der Waals surface area contributed by atoms with Gasteiger partial charge in [-0.25, -0.2) is 0 Å². The standard InChI is InChI=1S/C21H30N2O5S/c1-12(2)28-11-7-10-22-18(24)17-21(3,4)29-20-13-8-9-14(26-5)16(27-6)15(13)19(25)23(17)20/h8-9,12,17,20H,7,10-11H2,1-6H3,(H,22,24). The van der Waals surface area contributed by atoms with Crippen LogP contribution >= 0.6 is 11.8 Å². The van der Waals surface area contributed by atoms with Gasteiger partial charge >= 0.3 is 0 Å². The first-order chi connectivity index (χ1) is 13.7. The normalized spacial score (nSPS) is 21.9. The number of hydrogen-bond donors (Lipinski definition) is 1. The summed E-state index contributed by atoms with van der Waals surface area (Å²) in [7, 11) is 3.07. The maximum atomic E-state index is 13.4. The zero-order chi connectivity index (χ0) is 21.3. The molecule has 2 atom stereocenters. The highest BCUT2D eigenvalue weighted by molar-refractivity contribution is 8.01. The second-order valence-corrected chi connectivity index (χ2v) is 9.75. The van der Waals surface area contributed by atoms with Crippen molar-refractivity contribution in [1.82, 2.24) is 10.2 Å². The number of nitrogens with one attached hydrogen (secondary N) is 1. The van der Waals surface area contributed by atoms with Crippen LogP contribution in [-0.4, -0.2) is 61.0 Å². The molecule has 0 aliphatic carbocycles. The molecular weight excluding hydrogens is 392 g/mol. The van der Waals surface area contributed by atoms with Gasteiger partial charge < -0.3 is 24.4 Å². The SMILES string of the molecule is COc1ccc2c(c1OC)C(=O)N1C2SC(C)(C)C1C(=O)NCCCOC(C)C. The topological polar surface area (TPSA) is 77.1 Å². The molecule has 1 aromatic rings. The molecule has 2 amide bonds. The molecule has 0 bridgehead atoms. The van der Waals surface area contributed by atoms with Crippen LogP contribution in [0.25, 0.3) is 0 Å². The van der Waals surface area contributed by atoms with Crippen molar-refractivity contribution in [3.8, 4) is 11.5 Å². The highest BCUT2D eigenvalue weighted by Gasteiger charge is 2.58. The van der Waals surface area contributed by atoms with E-state index < -0.39 is 10.8 Å². The number of carbonyl (C=O) groups excluding carboxylic acids is 2. The summed E-state index contributed by atoms with van der Waals surface area (Å²) < 4.78 is 15.9. The van der Waals surface area contributed by atoms with Crippen LogP contribution in [0.3, 0.4) is 0 Å². The van der Waals surface area contributed by atoms with Gasteiger partial charge in [0.15, 0.2) is 11.5 Å². The van der Waals surface area contributed by atoms with Crippen LogP contribution in [0.4, 0.5) is 0 Å². The predicted molar refractivity (Wildman–Crippen MR) is 113 cm³/mol. The Morgan fingerprint density at radius 3 is 2.62 bits per heavy atom. The van der Waals surface area contributed by atoms with Gasteiger partial charge in [0, 0.05) is 23.5 Å². The molecule has 1 aromatic carbocycles. The number of methoxy groups -OCH3 is 2. The number of thioether (sulfide) groups is 1. The lowest BCUT2D eigenvalue weighted by Gasteiger charge is -2.29.